The smallest absolute Gasteiger partial charge is 0.273 e. The normalized spacial score (nSPS) is 14.9. The standard InChI is InChI=1S/C19H19N3O2S/c1-12-15(13-7-3-2-4-8-13)16-18(25-12)20-11-22(19(16)24)21-17(23)14-9-5-6-10-14/h2-4,7-8,11,14H,5-6,9-10H2,1H3,(H,21,23). The van der Waals surface area contributed by atoms with E-state index in [0.29, 0.717) is 10.2 Å². The molecule has 1 saturated carbocycles. The number of thiophene rings is 1. The number of amides is 1. The number of hydrogen-bond acceptors (Lipinski definition) is 4. The Balaban J connectivity index is 1.79. The quantitative estimate of drug-likeness (QED) is 0.781. The molecule has 128 valence electrons. The summed E-state index contributed by atoms with van der Waals surface area (Å²) in [5.74, 6) is -0.0886. The fraction of sp³-hybridized carbons (Fsp3) is 0.316. The summed E-state index contributed by atoms with van der Waals surface area (Å²) < 4.78 is 1.24. The fourth-order valence-corrected chi connectivity index (χ4v) is 4.54. The van der Waals surface area contributed by atoms with Gasteiger partial charge < -0.3 is 0 Å². The largest absolute Gasteiger partial charge is 0.281 e. The van der Waals surface area contributed by atoms with Crippen molar-refractivity contribution in [2.45, 2.75) is 32.6 Å². The molecule has 2 heterocycles. The second-order valence-corrected chi connectivity index (χ2v) is 7.66. The first kappa shape index (κ1) is 16.0. The van der Waals surface area contributed by atoms with Crippen molar-refractivity contribution < 1.29 is 4.79 Å². The zero-order valence-electron chi connectivity index (χ0n) is 14.0. The maximum Gasteiger partial charge on any atom is 0.281 e. The molecule has 1 N–H and O–H groups in total. The van der Waals surface area contributed by atoms with Gasteiger partial charge in [-0.1, -0.05) is 43.2 Å². The van der Waals surface area contributed by atoms with Gasteiger partial charge in [-0.2, -0.15) is 0 Å². The predicted octanol–water partition coefficient (Wildman–Crippen LogP) is 3.69. The summed E-state index contributed by atoms with van der Waals surface area (Å²) in [7, 11) is 0. The topological polar surface area (TPSA) is 64.0 Å². The van der Waals surface area contributed by atoms with Crippen LogP contribution in [0.3, 0.4) is 0 Å². The van der Waals surface area contributed by atoms with Gasteiger partial charge in [0.05, 0.1) is 5.39 Å². The number of aryl methyl sites for hydroxylation is 1. The van der Waals surface area contributed by atoms with E-state index in [1.54, 1.807) is 0 Å². The lowest BCUT2D eigenvalue weighted by atomic mass is 10.0. The number of fused-ring (bicyclic) bond motifs is 1. The average Bonchev–Trinajstić information content (AvgIpc) is 3.26. The number of carbonyl (C=O) groups excluding carboxylic acids is 1. The molecule has 0 aliphatic heterocycles. The summed E-state index contributed by atoms with van der Waals surface area (Å²) in [4.78, 5) is 31.5. The molecule has 3 aromatic rings. The number of rotatable bonds is 3. The number of nitrogens with zero attached hydrogens (tertiary/aromatic N) is 2. The molecule has 1 fully saturated rings. The third-order valence-electron chi connectivity index (χ3n) is 4.81. The minimum absolute atomic E-state index is 0.000372. The minimum atomic E-state index is -0.223. The van der Waals surface area contributed by atoms with Crippen LogP contribution in [0.25, 0.3) is 21.3 Å². The summed E-state index contributed by atoms with van der Waals surface area (Å²) in [6.45, 7) is 2.00. The highest BCUT2D eigenvalue weighted by atomic mass is 32.1. The van der Waals surface area contributed by atoms with Crippen LogP contribution in [-0.4, -0.2) is 15.6 Å². The summed E-state index contributed by atoms with van der Waals surface area (Å²) in [5.41, 5.74) is 4.41. The van der Waals surface area contributed by atoms with Gasteiger partial charge in [-0.05, 0) is 25.3 Å². The van der Waals surface area contributed by atoms with E-state index < -0.39 is 0 Å². The van der Waals surface area contributed by atoms with Crippen molar-refractivity contribution in [1.82, 2.24) is 9.66 Å². The van der Waals surface area contributed by atoms with Gasteiger partial charge in [0.15, 0.2) is 0 Å². The molecule has 1 aromatic carbocycles. The Hall–Kier alpha value is -2.47. The molecule has 0 bridgehead atoms. The molecule has 0 atom stereocenters. The molecule has 0 radical (unpaired) electrons. The van der Waals surface area contributed by atoms with Crippen LogP contribution in [0.15, 0.2) is 41.5 Å². The zero-order chi connectivity index (χ0) is 17.4. The van der Waals surface area contributed by atoms with Gasteiger partial charge in [-0.15, -0.1) is 11.3 Å². The molecular weight excluding hydrogens is 334 g/mol. The minimum Gasteiger partial charge on any atom is -0.273 e. The highest BCUT2D eigenvalue weighted by Crippen LogP contribution is 2.35. The Kier molecular flexibility index (Phi) is 4.13. The van der Waals surface area contributed by atoms with E-state index >= 15 is 0 Å². The SMILES string of the molecule is Cc1sc2ncn(NC(=O)C3CCCC3)c(=O)c2c1-c1ccccc1. The van der Waals surface area contributed by atoms with Gasteiger partial charge in [-0.25, -0.2) is 9.66 Å². The van der Waals surface area contributed by atoms with Crippen molar-refractivity contribution in [1.29, 1.82) is 0 Å². The first-order chi connectivity index (χ1) is 12.1. The first-order valence-electron chi connectivity index (χ1n) is 8.52. The van der Waals surface area contributed by atoms with Crippen molar-refractivity contribution in [3.63, 3.8) is 0 Å². The monoisotopic (exact) mass is 353 g/mol. The van der Waals surface area contributed by atoms with E-state index in [0.717, 1.165) is 41.7 Å². The second kappa shape index (κ2) is 6.44. The summed E-state index contributed by atoms with van der Waals surface area (Å²) in [6, 6.07) is 9.83. The summed E-state index contributed by atoms with van der Waals surface area (Å²) in [6.07, 6.45) is 5.35. The van der Waals surface area contributed by atoms with E-state index in [4.69, 9.17) is 0 Å². The number of benzene rings is 1. The van der Waals surface area contributed by atoms with E-state index in [1.165, 1.54) is 22.3 Å². The van der Waals surface area contributed by atoms with Crippen LogP contribution in [0.4, 0.5) is 0 Å². The van der Waals surface area contributed by atoms with Crippen molar-refractivity contribution in [2.75, 3.05) is 5.43 Å². The maximum atomic E-state index is 13.0. The zero-order valence-corrected chi connectivity index (χ0v) is 14.8. The van der Waals surface area contributed by atoms with Crippen LogP contribution in [0.5, 0.6) is 0 Å². The lowest BCUT2D eigenvalue weighted by molar-refractivity contribution is -0.120. The van der Waals surface area contributed by atoms with Gasteiger partial charge >= 0.3 is 0 Å². The molecule has 1 amide bonds. The van der Waals surface area contributed by atoms with Gasteiger partial charge in [0.2, 0.25) is 5.91 Å². The van der Waals surface area contributed by atoms with E-state index in [9.17, 15) is 9.59 Å². The molecule has 0 saturated heterocycles. The van der Waals surface area contributed by atoms with Crippen molar-refractivity contribution in [3.05, 3.63) is 51.9 Å². The van der Waals surface area contributed by atoms with Gasteiger partial charge in [-0.3, -0.25) is 15.0 Å². The third kappa shape index (κ3) is 2.87. The fourth-order valence-electron chi connectivity index (χ4n) is 3.53. The van der Waals surface area contributed by atoms with E-state index in [1.807, 2.05) is 37.3 Å². The Morgan fingerprint density at radius 2 is 1.96 bits per heavy atom. The maximum absolute atomic E-state index is 13.0. The Labute approximate surface area is 149 Å². The van der Waals surface area contributed by atoms with Crippen molar-refractivity contribution in [2.24, 2.45) is 5.92 Å². The first-order valence-corrected chi connectivity index (χ1v) is 9.34. The van der Waals surface area contributed by atoms with Crippen molar-refractivity contribution in [3.8, 4) is 11.1 Å². The molecule has 4 rings (SSSR count). The molecular formula is C19H19N3O2S. The van der Waals surface area contributed by atoms with Crippen LogP contribution in [-0.2, 0) is 4.79 Å². The highest BCUT2D eigenvalue weighted by Gasteiger charge is 2.24. The molecule has 0 unspecified atom stereocenters. The highest BCUT2D eigenvalue weighted by molar-refractivity contribution is 7.19. The molecule has 6 heteroatoms. The number of nitrogens with one attached hydrogen (secondary N) is 1. The van der Waals surface area contributed by atoms with Crippen LogP contribution in [0.1, 0.15) is 30.6 Å². The predicted molar refractivity (Wildman–Crippen MR) is 100 cm³/mol. The molecule has 5 nitrogen and oxygen atoms in total. The molecule has 1 aliphatic rings. The summed E-state index contributed by atoms with van der Waals surface area (Å²) in [5, 5.41) is 0.572. The Morgan fingerprint density at radius 3 is 2.68 bits per heavy atom. The van der Waals surface area contributed by atoms with Gasteiger partial charge in [0, 0.05) is 16.4 Å². The van der Waals surface area contributed by atoms with Gasteiger partial charge in [0.25, 0.3) is 5.56 Å². The molecule has 2 aromatic heterocycles. The lowest BCUT2D eigenvalue weighted by Crippen LogP contribution is -2.35. The number of carbonyl (C=O) groups is 1. The average molecular weight is 353 g/mol. The third-order valence-corrected chi connectivity index (χ3v) is 5.82. The van der Waals surface area contributed by atoms with Crippen LogP contribution < -0.4 is 11.0 Å². The number of aromatic nitrogens is 2. The Morgan fingerprint density at radius 1 is 1.24 bits per heavy atom. The number of hydrogen-bond donors (Lipinski definition) is 1. The molecule has 25 heavy (non-hydrogen) atoms. The van der Waals surface area contributed by atoms with E-state index in [-0.39, 0.29) is 17.4 Å². The van der Waals surface area contributed by atoms with Crippen LogP contribution in [0, 0.1) is 12.8 Å². The van der Waals surface area contributed by atoms with Gasteiger partial charge in [0.1, 0.15) is 11.2 Å². The lowest BCUT2D eigenvalue weighted by Gasteiger charge is -2.12. The molecule has 0 spiro atoms. The van der Waals surface area contributed by atoms with E-state index in [2.05, 4.69) is 10.4 Å². The second-order valence-electron chi connectivity index (χ2n) is 6.46. The Bertz CT molecular complexity index is 985. The van der Waals surface area contributed by atoms with Crippen LogP contribution >= 0.6 is 11.3 Å². The molecule has 1 aliphatic carbocycles. The van der Waals surface area contributed by atoms with Crippen molar-refractivity contribution >= 4 is 27.5 Å². The van der Waals surface area contributed by atoms with Crippen LogP contribution in [0.2, 0.25) is 0 Å². The summed E-state index contributed by atoms with van der Waals surface area (Å²) >= 11 is 1.50.